The minimum atomic E-state index is 0.857. The van der Waals surface area contributed by atoms with Crippen molar-refractivity contribution >= 4 is 4.02 Å². The van der Waals surface area contributed by atoms with Crippen LogP contribution in [0.5, 0.6) is 0 Å². The Hall–Kier alpha value is -0.862. The van der Waals surface area contributed by atoms with Crippen molar-refractivity contribution in [2.24, 2.45) is 0 Å². The third-order valence-electron chi connectivity index (χ3n) is 1.33. The van der Waals surface area contributed by atoms with Crippen molar-refractivity contribution in [2.75, 3.05) is 26.3 Å². The van der Waals surface area contributed by atoms with E-state index in [1.54, 1.807) is 0 Å². The van der Waals surface area contributed by atoms with Crippen molar-refractivity contribution in [2.45, 2.75) is 6.92 Å². The Balaban J connectivity index is -0.0000000639. The van der Waals surface area contributed by atoms with Crippen LogP contribution in [0.15, 0.2) is 0 Å². The van der Waals surface area contributed by atoms with Gasteiger partial charge in [-0.25, -0.2) is 0 Å². The van der Waals surface area contributed by atoms with E-state index in [0.29, 0.717) is 0 Å². The van der Waals surface area contributed by atoms with Crippen molar-refractivity contribution in [3.8, 4) is 0 Å². The molecule has 1 aliphatic rings. The zero-order valence-electron chi connectivity index (χ0n) is 10.6. The molecule has 0 aromatic heterocycles. The number of ether oxygens (including phenoxy) is 1. The van der Waals surface area contributed by atoms with E-state index < -0.39 is 0 Å². The number of nitrogens with one attached hydrogen (secondary N) is 1. The summed E-state index contributed by atoms with van der Waals surface area (Å²) in [5.74, 6) is 0. The van der Waals surface area contributed by atoms with Gasteiger partial charge in [0.05, 0.1) is 0 Å². The summed E-state index contributed by atoms with van der Waals surface area (Å²) in [6.45, 7) is 28.3. The fourth-order valence-electron chi connectivity index (χ4n) is 0.898. The summed E-state index contributed by atoms with van der Waals surface area (Å²) in [6.07, 6.45) is 0. The van der Waals surface area contributed by atoms with Crippen molar-refractivity contribution in [1.29, 1.82) is 0 Å². The molecule has 20 heavy (non-hydrogen) atoms. The van der Waals surface area contributed by atoms with Crippen molar-refractivity contribution in [3.63, 3.8) is 0 Å². The fraction of sp³-hybridized carbons (Fsp3) is 0.455. The van der Waals surface area contributed by atoms with Crippen molar-refractivity contribution < 1.29 is 47.4 Å². The Morgan fingerprint density at radius 2 is 1.20 bits per heavy atom. The summed E-state index contributed by atoms with van der Waals surface area (Å²) in [4.78, 5) is 0. The third-order valence-corrected chi connectivity index (χ3v) is 1.65. The van der Waals surface area contributed by atoms with E-state index >= 15 is 0 Å². The Morgan fingerprint density at radius 1 is 0.900 bits per heavy atom. The fourth-order valence-corrected chi connectivity index (χ4v) is 1.36. The zero-order chi connectivity index (χ0) is 17.4. The van der Waals surface area contributed by atoms with Gasteiger partial charge in [-0.2, -0.15) is 0 Å². The van der Waals surface area contributed by atoms with Gasteiger partial charge in [0.15, 0.2) is 0 Å². The topological polar surface area (TPSA) is 124 Å². The number of hydrazine groups is 1. The second-order valence-electron chi connectivity index (χ2n) is 2.27. The number of morpholine rings is 1. The number of rotatable bonds is 2. The standard InChI is InChI=1S/C6H12N2O.5CO.W/c1-2-7-8-3-5-9-6-4-8;5*1-2;/h7H,3-6H2,1H3;;;;;;. The summed E-state index contributed by atoms with van der Waals surface area (Å²) in [5, 5.41) is 2.20. The van der Waals surface area contributed by atoms with Gasteiger partial charge < -0.3 is 0 Å². The predicted molar refractivity (Wildman–Crippen MR) is 55.9 cm³/mol. The van der Waals surface area contributed by atoms with Crippen molar-refractivity contribution in [3.05, 3.63) is 33.3 Å². The molecule has 0 atom stereocenters. The van der Waals surface area contributed by atoms with E-state index in [4.69, 9.17) is 28.0 Å². The van der Waals surface area contributed by atoms with E-state index in [1.165, 1.54) is 23.4 Å². The molecule has 0 radical (unpaired) electrons. The summed E-state index contributed by atoms with van der Waals surface area (Å²) < 4.78 is 44.0. The molecule has 108 valence electrons. The van der Waals surface area contributed by atoms with E-state index in [-0.39, 0.29) is 0 Å². The van der Waals surface area contributed by atoms with Crippen LogP contribution in [0, 0.1) is 33.3 Å². The molecule has 0 spiro atoms. The second kappa shape index (κ2) is 42.9. The Morgan fingerprint density at radius 3 is 1.45 bits per heavy atom. The normalized spacial score (nSPS) is 10.9. The summed E-state index contributed by atoms with van der Waals surface area (Å²) in [7, 11) is 0. The van der Waals surface area contributed by atoms with Gasteiger partial charge in [0.2, 0.25) is 0 Å². The van der Waals surface area contributed by atoms with Crippen LogP contribution < -0.4 is 5.43 Å². The minimum absolute atomic E-state index is 0.857. The average Bonchev–Trinajstić information content (AvgIpc) is 2.57. The summed E-state index contributed by atoms with van der Waals surface area (Å²) >= 11 is 1.50. The third kappa shape index (κ3) is 36.0. The predicted octanol–water partition coefficient (Wildman–Crippen LogP) is -0.668. The Bertz CT molecular complexity index is 257. The number of hydrogen-bond acceptors (Lipinski definition) is 3. The van der Waals surface area contributed by atoms with Gasteiger partial charge in [0.1, 0.15) is 0 Å². The SMILES string of the molecule is C[C](=[W])NN1CCOCC1.[C-]#[O+].[C-]#[O+].[C-]#[O+].[C-]#[O+].[C-]#[O+]. The quantitative estimate of drug-likeness (QED) is 0.442. The monoisotopic (exact) mass is 452 g/mol. The maximum atomic E-state index is 7.50. The van der Waals surface area contributed by atoms with E-state index in [9.17, 15) is 0 Å². The van der Waals surface area contributed by atoms with E-state index in [2.05, 4.69) is 50.6 Å². The van der Waals surface area contributed by atoms with Gasteiger partial charge in [0.25, 0.3) is 0 Å². The van der Waals surface area contributed by atoms with Gasteiger partial charge in [0, 0.05) is 0 Å². The Labute approximate surface area is 128 Å². The van der Waals surface area contributed by atoms with Gasteiger partial charge in [-0.05, 0) is 0 Å². The molecular weight excluding hydrogens is 440 g/mol. The first kappa shape index (κ1) is 31.5. The molecule has 0 aromatic carbocycles. The summed E-state index contributed by atoms with van der Waals surface area (Å²) in [5.41, 5.74) is 3.29. The first-order chi connectivity index (χ1) is 9.79. The maximum absolute atomic E-state index is 7.50. The molecule has 1 heterocycles. The molecular formula is C11H12N2O6W. The second-order valence-corrected chi connectivity index (χ2v) is 4.47. The van der Waals surface area contributed by atoms with E-state index in [0.717, 1.165) is 26.3 Å². The molecule has 0 aromatic rings. The van der Waals surface area contributed by atoms with Gasteiger partial charge in [-0.15, -0.1) is 0 Å². The van der Waals surface area contributed by atoms with Crippen LogP contribution in [0.4, 0.5) is 0 Å². The molecule has 0 aliphatic carbocycles. The molecule has 8 nitrogen and oxygen atoms in total. The molecule has 9 heteroatoms. The first-order valence-corrected chi connectivity index (χ1v) is 5.87. The molecule has 0 saturated carbocycles. The molecule has 0 amide bonds. The molecule has 1 rings (SSSR count). The molecule has 1 aliphatic heterocycles. The van der Waals surface area contributed by atoms with Crippen LogP contribution in [0.3, 0.4) is 0 Å². The number of nitrogens with zero attached hydrogens (tertiary/aromatic N) is 1. The van der Waals surface area contributed by atoms with Crippen LogP contribution in [0.1, 0.15) is 6.92 Å². The molecule has 0 unspecified atom stereocenters. The first-order valence-electron chi connectivity index (χ1n) is 4.41. The van der Waals surface area contributed by atoms with Crippen LogP contribution in [0.2, 0.25) is 0 Å². The van der Waals surface area contributed by atoms with Crippen LogP contribution in [-0.4, -0.2) is 35.3 Å². The number of hydrogen-bond donors (Lipinski definition) is 1. The van der Waals surface area contributed by atoms with Crippen LogP contribution in [0.25, 0.3) is 0 Å². The summed E-state index contributed by atoms with van der Waals surface area (Å²) in [6, 6.07) is 0. The van der Waals surface area contributed by atoms with Crippen LogP contribution in [-0.2, 0) is 47.4 Å². The van der Waals surface area contributed by atoms with Gasteiger partial charge in [-0.3, -0.25) is 0 Å². The van der Waals surface area contributed by atoms with Crippen molar-refractivity contribution in [1.82, 2.24) is 10.4 Å². The molecule has 1 saturated heterocycles. The Kier molecular flexibility index (Phi) is 67.6. The van der Waals surface area contributed by atoms with E-state index in [1.807, 2.05) is 0 Å². The van der Waals surface area contributed by atoms with Crippen LogP contribution >= 0.6 is 0 Å². The average molecular weight is 452 g/mol. The molecule has 1 N–H and O–H groups in total. The van der Waals surface area contributed by atoms with Gasteiger partial charge >= 0.3 is 128 Å². The van der Waals surface area contributed by atoms with Gasteiger partial charge in [-0.1, -0.05) is 0 Å². The molecule has 1 fully saturated rings. The molecule has 0 bridgehead atoms. The zero-order valence-corrected chi connectivity index (χ0v) is 13.6.